The lowest BCUT2D eigenvalue weighted by atomic mass is 10.1. The van der Waals surface area contributed by atoms with Crippen LogP contribution >= 0.6 is 11.3 Å². The summed E-state index contributed by atoms with van der Waals surface area (Å²) in [7, 11) is -3.67. The van der Waals surface area contributed by atoms with E-state index in [-0.39, 0.29) is 29.4 Å². The van der Waals surface area contributed by atoms with Gasteiger partial charge in [-0.15, -0.1) is 11.3 Å². The van der Waals surface area contributed by atoms with E-state index >= 15 is 0 Å². The lowest BCUT2D eigenvalue weighted by Gasteiger charge is -2.26. The quantitative estimate of drug-likeness (QED) is 0.654. The van der Waals surface area contributed by atoms with E-state index in [2.05, 4.69) is 5.32 Å². The van der Waals surface area contributed by atoms with Crippen molar-refractivity contribution in [2.75, 3.05) is 31.6 Å². The molecule has 9 heteroatoms. The molecule has 0 unspecified atom stereocenters. The Morgan fingerprint density at radius 1 is 1.10 bits per heavy atom. The van der Waals surface area contributed by atoms with Gasteiger partial charge in [0.25, 0.3) is 0 Å². The lowest BCUT2D eigenvalue weighted by Crippen LogP contribution is -2.40. The molecule has 0 atom stereocenters. The summed E-state index contributed by atoms with van der Waals surface area (Å²) in [6, 6.07) is 6.67. The highest BCUT2D eigenvalue weighted by atomic mass is 32.2. The maximum atomic E-state index is 13.0. The Bertz CT molecular complexity index is 1050. The third-order valence-corrected chi connectivity index (χ3v) is 7.99. The van der Waals surface area contributed by atoms with Gasteiger partial charge in [0, 0.05) is 46.9 Å². The van der Waals surface area contributed by atoms with Crippen LogP contribution in [0.5, 0.6) is 0 Å². The van der Waals surface area contributed by atoms with Gasteiger partial charge in [-0.25, -0.2) is 8.42 Å². The molecule has 2 heterocycles. The number of morpholine rings is 1. The summed E-state index contributed by atoms with van der Waals surface area (Å²) < 4.78 is 32.6. The molecule has 0 bridgehead atoms. The van der Waals surface area contributed by atoms with E-state index in [9.17, 15) is 18.0 Å². The molecule has 1 saturated heterocycles. The number of nitrogens with one attached hydrogen (secondary N) is 1. The minimum absolute atomic E-state index is 0.0343. The molecule has 162 valence electrons. The third-order valence-electron chi connectivity index (χ3n) is 4.98. The molecule has 0 spiro atoms. The summed E-state index contributed by atoms with van der Waals surface area (Å²) in [6.07, 6.45) is 0.139. The van der Waals surface area contributed by atoms with Crippen molar-refractivity contribution in [3.05, 3.63) is 45.1 Å². The number of Topliss-reactive ketones (excluding diaryl/α,β-unsaturated/α-hetero) is 1. The number of thiophene rings is 1. The molecule has 1 aliphatic heterocycles. The first-order chi connectivity index (χ1) is 14.2. The first-order valence-corrected chi connectivity index (χ1v) is 12.0. The van der Waals surface area contributed by atoms with E-state index < -0.39 is 10.0 Å². The number of hydrogen-bond donors (Lipinski definition) is 1. The van der Waals surface area contributed by atoms with Crippen LogP contribution in [0, 0.1) is 20.8 Å². The molecule has 0 aliphatic carbocycles. The van der Waals surface area contributed by atoms with Crippen LogP contribution in [-0.2, 0) is 19.6 Å². The van der Waals surface area contributed by atoms with Crippen LogP contribution in [0.1, 0.15) is 38.5 Å². The van der Waals surface area contributed by atoms with Crippen LogP contribution in [0.4, 0.5) is 5.69 Å². The fourth-order valence-electron chi connectivity index (χ4n) is 3.37. The van der Waals surface area contributed by atoms with E-state index in [0.29, 0.717) is 43.1 Å². The zero-order valence-corrected chi connectivity index (χ0v) is 19.0. The van der Waals surface area contributed by atoms with E-state index in [1.807, 2.05) is 19.9 Å². The largest absolute Gasteiger partial charge is 0.379 e. The van der Waals surface area contributed by atoms with Crippen LogP contribution < -0.4 is 5.32 Å². The average Bonchev–Trinajstić information content (AvgIpc) is 3.06. The predicted octanol–water partition coefficient (Wildman–Crippen LogP) is 3.30. The van der Waals surface area contributed by atoms with Crippen molar-refractivity contribution < 1.29 is 22.7 Å². The van der Waals surface area contributed by atoms with Crippen molar-refractivity contribution in [3.63, 3.8) is 0 Å². The first-order valence-electron chi connectivity index (χ1n) is 9.77. The van der Waals surface area contributed by atoms with Gasteiger partial charge in [0.1, 0.15) is 0 Å². The number of amides is 1. The van der Waals surface area contributed by atoms with Crippen LogP contribution in [0.3, 0.4) is 0 Å². The highest BCUT2D eigenvalue weighted by molar-refractivity contribution is 7.89. The molecule has 3 rings (SSSR count). The smallest absolute Gasteiger partial charge is 0.243 e. The molecule has 1 amide bonds. The molecule has 1 aliphatic rings. The summed E-state index contributed by atoms with van der Waals surface area (Å²) in [5.41, 5.74) is 1.67. The second kappa shape index (κ2) is 9.38. The number of sulfonamides is 1. The van der Waals surface area contributed by atoms with Gasteiger partial charge in [0.05, 0.1) is 18.1 Å². The normalized spacial score (nSPS) is 15.2. The van der Waals surface area contributed by atoms with Crippen LogP contribution in [0.15, 0.2) is 29.2 Å². The fraction of sp³-hybridized carbons (Fsp3) is 0.429. The summed E-state index contributed by atoms with van der Waals surface area (Å²) >= 11 is 1.56. The van der Waals surface area contributed by atoms with E-state index in [0.717, 1.165) is 9.75 Å². The van der Waals surface area contributed by atoms with Gasteiger partial charge >= 0.3 is 0 Å². The van der Waals surface area contributed by atoms with E-state index in [1.54, 1.807) is 30.4 Å². The summed E-state index contributed by atoms with van der Waals surface area (Å²) in [4.78, 5) is 26.9. The Morgan fingerprint density at radius 2 is 1.80 bits per heavy atom. The topological polar surface area (TPSA) is 92.8 Å². The number of ether oxygens (including phenoxy) is 1. The monoisotopic (exact) mass is 450 g/mol. The SMILES string of the molecule is Cc1cc(C(=O)CCC(=O)Nc2ccc(C)c(S(=O)(=O)N3CCOCC3)c2)c(C)s1. The van der Waals surface area contributed by atoms with Crippen molar-refractivity contribution in [1.82, 2.24) is 4.31 Å². The summed E-state index contributed by atoms with van der Waals surface area (Å²) in [6.45, 7) is 6.92. The number of nitrogens with zero attached hydrogens (tertiary/aromatic N) is 1. The molecule has 0 saturated carbocycles. The van der Waals surface area contributed by atoms with Crippen molar-refractivity contribution in [2.45, 2.75) is 38.5 Å². The molecule has 1 aromatic heterocycles. The summed E-state index contributed by atoms with van der Waals surface area (Å²) in [5.74, 6) is -0.391. The Hall–Kier alpha value is -2.07. The fourth-order valence-corrected chi connectivity index (χ4v) is 5.98. The van der Waals surface area contributed by atoms with Gasteiger partial charge in [-0.05, 0) is 44.5 Å². The molecule has 0 radical (unpaired) electrons. The molecule has 2 aromatic rings. The van der Waals surface area contributed by atoms with E-state index in [4.69, 9.17) is 4.74 Å². The Morgan fingerprint density at radius 3 is 2.43 bits per heavy atom. The zero-order chi connectivity index (χ0) is 21.9. The second-order valence-corrected chi connectivity index (χ2v) is 10.7. The molecule has 7 nitrogen and oxygen atoms in total. The Kier molecular flexibility index (Phi) is 7.07. The van der Waals surface area contributed by atoms with Crippen molar-refractivity contribution in [2.24, 2.45) is 0 Å². The van der Waals surface area contributed by atoms with Gasteiger partial charge in [-0.1, -0.05) is 6.07 Å². The number of rotatable bonds is 7. The Labute approximate surface area is 181 Å². The van der Waals surface area contributed by atoms with Crippen LogP contribution in [0.25, 0.3) is 0 Å². The molecule has 1 N–H and O–H groups in total. The standard InChI is InChI=1S/C21H26N2O5S2/c1-14-4-5-17(13-20(14)30(26,27)23-8-10-28-11-9-23)22-21(25)7-6-19(24)18-12-15(2)29-16(18)3/h4-5,12-13H,6-11H2,1-3H3,(H,22,25). The van der Waals surface area contributed by atoms with Crippen LogP contribution in [-0.4, -0.2) is 50.7 Å². The van der Waals surface area contributed by atoms with Crippen molar-refractivity contribution >= 4 is 38.7 Å². The maximum absolute atomic E-state index is 13.0. The zero-order valence-electron chi connectivity index (χ0n) is 17.4. The molecule has 30 heavy (non-hydrogen) atoms. The summed E-state index contributed by atoms with van der Waals surface area (Å²) in [5, 5.41) is 2.72. The molecule has 1 aromatic carbocycles. The van der Waals surface area contributed by atoms with Gasteiger partial charge < -0.3 is 10.1 Å². The number of anilines is 1. The molecular formula is C21H26N2O5S2. The number of benzene rings is 1. The van der Waals surface area contributed by atoms with Gasteiger partial charge in [-0.2, -0.15) is 4.31 Å². The highest BCUT2D eigenvalue weighted by Gasteiger charge is 2.28. The third kappa shape index (κ3) is 5.15. The maximum Gasteiger partial charge on any atom is 0.243 e. The molecular weight excluding hydrogens is 424 g/mol. The lowest BCUT2D eigenvalue weighted by molar-refractivity contribution is -0.116. The van der Waals surface area contributed by atoms with Crippen molar-refractivity contribution in [1.29, 1.82) is 0 Å². The van der Waals surface area contributed by atoms with Gasteiger partial charge in [-0.3, -0.25) is 9.59 Å². The number of aryl methyl sites for hydroxylation is 3. The molecule has 1 fully saturated rings. The van der Waals surface area contributed by atoms with Crippen LogP contribution in [0.2, 0.25) is 0 Å². The predicted molar refractivity (Wildman–Crippen MR) is 117 cm³/mol. The highest BCUT2D eigenvalue weighted by Crippen LogP contribution is 2.25. The number of hydrogen-bond acceptors (Lipinski definition) is 6. The first kappa shape index (κ1) is 22.6. The average molecular weight is 451 g/mol. The minimum atomic E-state index is -3.67. The van der Waals surface area contributed by atoms with Crippen molar-refractivity contribution in [3.8, 4) is 0 Å². The van der Waals surface area contributed by atoms with Gasteiger partial charge in [0.2, 0.25) is 15.9 Å². The minimum Gasteiger partial charge on any atom is -0.379 e. The number of carbonyl (C=O) groups is 2. The van der Waals surface area contributed by atoms with Gasteiger partial charge in [0.15, 0.2) is 5.78 Å². The Balaban J connectivity index is 1.66. The second-order valence-electron chi connectivity index (χ2n) is 7.29. The number of ketones is 1. The number of carbonyl (C=O) groups excluding carboxylic acids is 2. The van der Waals surface area contributed by atoms with E-state index in [1.165, 1.54) is 10.4 Å².